The molecule has 0 amide bonds. The maximum absolute atomic E-state index is 11.1. The zero-order valence-corrected chi connectivity index (χ0v) is 11.2. The molecule has 3 atom stereocenters. The number of esters is 2. The van der Waals surface area contributed by atoms with Crippen LogP contribution >= 0.6 is 37.9 Å². The van der Waals surface area contributed by atoms with Crippen LogP contribution < -0.4 is 5.73 Å². The van der Waals surface area contributed by atoms with E-state index in [1.54, 1.807) is 0 Å². The number of carbonyl (C=O) groups excluding carboxylic acids is 2. The number of ether oxygens (including phenoxy) is 2. The Kier molecular flexibility index (Phi) is 4.09. The number of rotatable bonds is 3. The van der Waals surface area contributed by atoms with Crippen LogP contribution in [0, 0.1) is 0 Å². The Labute approximate surface area is 110 Å². The molecule has 0 radical (unpaired) electrons. The summed E-state index contributed by atoms with van der Waals surface area (Å²) in [5, 5.41) is -2.30. The summed E-state index contributed by atoms with van der Waals surface area (Å²) in [6, 6.07) is 0. The van der Waals surface area contributed by atoms with Crippen LogP contribution in [0.5, 0.6) is 0 Å². The van der Waals surface area contributed by atoms with Gasteiger partial charge in [0.15, 0.2) is 0 Å². The third-order valence-electron chi connectivity index (χ3n) is 2.19. The molecule has 0 aromatic rings. The lowest BCUT2D eigenvalue weighted by molar-refractivity contribution is -0.203. The van der Waals surface area contributed by atoms with Crippen molar-refractivity contribution in [2.45, 2.75) is 35.0 Å². The highest BCUT2D eigenvalue weighted by molar-refractivity contribution is 7.88. The molecular weight excluding hydrogens is 270 g/mol. The summed E-state index contributed by atoms with van der Waals surface area (Å²) in [7, 11) is 0. The molecule has 2 N–H and O–H groups in total. The largest absolute Gasteiger partial charge is 0.432 e. The van der Waals surface area contributed by atoms with Crippen molar-refractivity contribution in [3.8, 4) is 0 Å². The highest BCUT2D eigenvalue weighted by atomic mass is 32.1. The smallest absolute Gasteiger partial charge is 0.420 e. The minimum absolute atomic E-state index is 0.500. The van der Waals surface area contributed by atoms with Gasteiger partial charge in [0.25, 0.3) is 5.06 Å². The van der Waals surface area contributed by atoms with Crippen molar-refractivity contribution >= 4 is 49.8 Å². The molecule has 1 heterocycles. The molecule has 5 nitrogen and oxygen atoms in total. The van der Waals surface area contributed by atoms with Gasteiger partial charge in [0.05, 0.1) is 5.25 Å². The molecule has 3 unspecified atom stereocenters. The Balaban J connectivity index is 2.99. The van der Waals surface area contributed by atoms with Gasteiger partial charge in [0.2, 0.25) is 4.93 Å². The average Bonchev–Trinajstić information content (AvgIpc) is 2.14. The SMILES string of the molecule is CCCC(S)C1(S)OC(=O)C(=O)OC1(N)S. The van der Waals surface area contributed by atoms with E-state index in [1.807, 2.05) is 6.92 Å². The fourth-order valence-electron chi connectivity index (χ4n) is 1.29. The van der Waals surface area contributed by atoms with E-state index >= 15 is 0 Å². The Hall–Kier alpha value is -0.0500. The van der Waals surface area contributed by atoms with Gasteiger partial charge in [0, 0.05) is 0 Å². The van der Waals surface area contributed by atoms with Gasteiger partial charge < -0.3 is 9.47 Å². The fourth-order valence-corrected chi connectivity index (χ4v) is 2.43. The summed E-state index contributed by atoms with van der Waals surface area (Å²) in [6.07, 6.45) is 1.36. The number of thiol groups is 3. The molecule has 0 aliphatic carbocycles. The third-order valence-corrected chi connectivity index (χ3v) is 4.35. The summed E-state index contributed by atoms with van der Waals surface area (Å²) >= 11 is 12.4. The van der Waals surface area contributed by atoms with E-state index in [1.165, 1.54) is 0 Å². The molecule has 1 rings (SSSR count). The maximum atomic E-state index is 11.1. The van der Waals surface area contributed by atoms with Crippen molar-refractivity contribution < 1.29 is 19.1 Å². The van der Waals surface area contributed by atoms with Crippen molar-refractivity contribution in [1.29, 1.82) is 0 Å². The molecular formula is C8H13NO4S3. The van der Waals surface area contributed by atoms with Crippen LogP contribution in [-0.2, 0) is 19.1 Å². The Morgan fingerprint density at radius 1 is 1.31 bits per heavy atom. The van der Waals surface area contributed by atoms with Gasteiger partial charge in [-0.25, -0.2) is 9.59 Å². The first kappa shape index (κ1) is 14.0. The van der Waals surface area contributed by atoms with Crippen LogP contribution in [0.1, 0.15) is 19.8 Å². The van der Waals surface area contributed by atoms with Crippen LogP contribution in [0.4, 0.5) is 0 Å². The van der Waals surface area contributed by atoms with Crippen LogP contribution in [-0.4, -0.2) is 27.2 Å². The molecule has 8 heteroatoms. The van der Waals surface area contributed by atoms with Gasteiger partial charge in [-0.3, -0.25) is 5.73 Å². The molecule has 0 aromatic carbocycles. The zero-order chi connectivity index (χ0) is 12.6. The molecule has 92 valence electrons. The summed E-state index contributed by atoms with van der Waals surface area (Å²) in [5.41, 5.74) is 5.66. The first-order valence-corrected chi connectivity index (χ1v) is 6.03. The lowest BCUT2D eigenvalue weighted by Gasteiger charge is -2.45. The minimum atomic E-state index is -1.80. The number of hydrogen-bond donors (Lipinski definition) is 4. The predicted octanol–water partition coefficient (Wildman–Crippen LogP) is 0.353. The molecule has 1 saturated heterocycles. The van der Waals surface area contributed by atoms with E-state index < -0.39 is 27.2 Å². The van der Waals surface area contributed by atoms with Crippen molar-refractivity contribution in [3.05, 3.63) is 0 Å². The fraction of sp³-hybridized carbons (Fsp3) is 0.750. The summed E-state index contributed by atoms with van der Waals surface area (Å²) in [6.45, 7) is 1.92. The van der Waals surface area contributed by atoms with Gasteiger partial charge in [-0.05, 0) is 6.42 Å². The molecule has 0 spiro atoms. The van der Waals surface area contributed by atoms with E-state index in [-0.39, 0.29) is 0 Å². The maximum Gasteiger partial charge on any atom is 0.420 e. The van der Waals surface area contributed by atoms with Crippen LogP contribution in [0.15, 0.2) is 0 Å². The molecule has 0 aromatic heterocycles. The molecule has 1 aliphatic heterocycles. The third kappa shape index (κ3) is 2.29. The van der Waals surface area contributed by atoms with Gasteiger partial charge in [-0.1, -0.05) is 13.3 Å². The van der Waals surface area contributed by atoms with E-state index in [0.29, 0.717) is 6.42 Å². The Morgan fingerprint density at radius 3 is 2.31 bits per heavy atom. The zero-order valence-electron chi connectivity index (χ0n) is 8.54. The number of nitrogens with two attached hydrogens (primary N) is 1. The van der Waals surface area contributed by atoms with Crippen molar-refractivity contribution in [3.63, 3.8) is 0 Å². The van der Waals surface area contributed by atoms with E-state index in [9.17, 15) is 9.59 Å². The lowest BCUT2D eigenvalue weighted by Crippen LogP contribution is -2.66. The van der Waals surface area contributed by atoms with E-state index in [2.05, 4.69) is 42.6 Å². The van der Waals surface area contributed by atoms with Crippen molar-refractivity contribution in [1.82, 2.24) is 0 Å². The minimum Gasteiger partial charge on any atom is -0.432 e. The molecule has 0 saturated carbocycles. The van der Waals surface area contributed by atoms with Crippen molar-refractivity contribution in [2.24, 2.45) is 5.73 Å². The first-order chi connectivity index (χ1) is 7.24. The van der Waals surface area contributed by atoms with Gasteiger partial charge in [0.1, 0.15) is 0 Å². The van der Waals surface area contributed by atoms with Crippen LogP contribution in [0.2, 0.25) is 0 Å². The second kappa shape index (κ2) is 4.67. The van der Waals surface area contributed by atoms with Crippen LogP contribution in [0.3, 0.4) is 0 Å². The normalized spacial score (nSPS) is 36.6. The second-order valence-electron chi connectivity index (χ2n) is 3.48. The highest BCUT2D eigenvalue weighted by Gasteiger charge is 2.59. The monoisotopic (exact) mass is 283 g/mol. The van der Waals surface area contributed by atoms with Crippen molar-refractivity contribution in [2.75, 3.05) is 0 Å². The molecule has 1 aliphatic rings. The Bertz CT molecular complexity index is 322. The van der Waals surface area contributed by atoms with E-state index in [0.717, 1.165) is 6.42 Å². The Morgan fingerprint density at radius 2 is 1.81 bits per heavy atom. The summed E-state index contributed by atoms with van der Waals surface area (Å²) in [4.78, 5) is 20.6. The molecule has 1 fully saturated rings. The first-order valence-electron chi connectivity index (χ1n) is 4.62. The summed E-state index contributed by atoms with van der Waals surface area (Å²) in [5.74, 6) is -2.32. The standard InChI is InChI=1S/C8H13NO4S3/c1-2-3-4(14)7(15)8(9,16)13-6(11)5(10)12-7/h4,14-16H,2-3,9H2,1H3. The summed E-state index contributed by atoms with van der Waals surface area (Å²) < 4.78 is 9.56. The molecule has 0 bridgehead atoms. The number of cyclic esters (lactones) is 2. The van der Waals surface area contributed by atoms with Crippen LogP contribution in [0.25, 0.3) is 0 Å². The second-order valence-corrected chi connectivity index (χ2v) is 5.43. The number of carbonyl (C=O) groups is 2. The highest BCUT2D eigenvalue weighted by Crippen LogP contribution is 2.42. The lowest BCUT2D eigenvalue weighted by atomic mass is 10.1. The van der Waals surface area contributed by atoms with Gasteiger partial charge in [-0.2, -0.15) is 12.6 Å². The topological polar surface area (TPSA) is 78.6 Å². The number of hydrogen-bond acceptors (Lipinski definition) is 8. The van der Waals surface area contributed by atoms with Gasteiger partial charge >= 0.3 is 11.9 Å². The van der Waals surface area contributed by atoms with E-state index in [4.69, 9.17) is 10.5 Å². The van der Waals surface area contributed by atoms with Gasteiger partial charge in [-0.15, -0.1) is 25.3 Å². The molecule has 16 heavy (non-hydrogen) atoms. The predicted molar refractivity (Wildman–Crippen MR) is 67.5 cm³/mol. The average molecular weight is 283 g/mol. The quantitative estimate of drug-likeness (QED) is 0.260.